The molecule has 5 rings (SSSR count). The fourth-order valence-electron chi connectivity index (χ4n) is 4.70. The van der Waals surface area contributed by atoms with E-state index in [0.717, 1.165) is 17.5 Å². The normalized spacial score (nSPS) is 14.8. The Balaban J connectivity index is 1.18. The standard InChI is InChI=1S/C31H33N7O5/c1-31(2,3)43-30(42)38-15-5-7-25(38)29(41)35-22-12-13-23-24(16-22)37-27(36-23)19-8-10-21(11-9-19)34-26(39)18-33-28(40)20-6-4-14-32-17-20/h4,6,8-14,16-17,25H,5,7,15,18H2,1-3H3,(H,33,40)(H,34,39)(H,35,41)(H,36,37)/t25-/m0/s1. The number of hydrogen-bond acceptors (Lipinski definition) is 7. The summed E-state index contributed by atoms with van der Waals surface area (Å²) in [4.78, 5) is 63.4. The van der Waals surface area contributed by atoms with E-state index >= 15 is 0 Å². The third-order valence-corrected chi connectivity index (χ3v) is 6.71. The van der Waals surface area contributed by atoms with E-state index in [0.29, 0.717) is 41.2 Å². The minimum atomic E-state index is -0.641. The first kappa shape index (κ1) is 29.2. The SMILES string of the molecule is CC(C)(C)OC(=O)N1CCC[C@H]1C(=O)Nc1ccc2[nH]c(-c3ccc(NC(=O)CNC(=O)c4cccnc4)cc3)nc2c1. The molecule has 1 fully saturated rings. The van der Waals surface area contributed by atoms with Crippen LogP contribution in [0.25, 0.3) is 22.4 Å². The van der Waals surface area contributed by atoms with Crippen molar-refractivity contribution >= 4 is 46.2 Å². The molecule has 2 aromatic carbocycles. The molecule has 0 unspecified atom stereocenters. The second kappa shape index (κ2) is 12.3. The number of benzene rings is 2. The molecule has 0 spiro atoms. The van der Waals surface area contributed by atoms with E-state index in [1.54, 1.807) is 63.4 Å². The van der Waals surface area contributed by atoms with Crippen molar-refractivity contribution in [1.29, 1.82) is 0 Å². The van der Waals surface area contributed by atoms with Gasteiger partial charge in [-0.25, -0.2) is 9.78 Å². The number of amides is 4. The number of fused-ring (bicyclic) bond motifs is 1. The van der Waals surface area contributed by atoms with Gasteiger partial charge in [0.15, 0.2) is 0 Å². The number of rotatable bonds is 7. The lowest BCUT2D eigenvalue weighted by Crippen LogP contribution is -2.45. The molecule has 222 valence electrons. The number of nitrogens with zero attached hydrogens (tertiary/aromatic N) is 3. The number of H-pyrrole nitrogens is 1. The Morgan fingerprint density at radius 2 is 1.79 bits per heavy atom. The van der Waals surface area contributed by atoms with E-state index in [1.165, 1.54) is 11.1 Å². The topological polar surface area (TPSA) is 158 Å². The number of imidazole rings is 1. The Labute approximate surface area is 248 Å². The summed E-state index contributed by atoms with van der Waals surface area (Å²) in [7, 11) is 0. The summed E-state index contributed by atoms with van der Waals surface area (Å²) in [5.41, 5.74) is 3.11. The fraction of sp³-hybridized carbons (Fsp3) is 0.290. The van der Waals surface area contributed by atoms with E-state index in [-0.39, 0.29) is 24.3 Å². The average molecular weight is 584 g/mol. The van der Waals surface area contributed by atoms with Crippen molar-refractivity contribution in [2.75, 3.05) is 23.7 Å². The van der Waals surface area contributed by atoms with E-state index in [1.807, 2.05) is 18.2 Å². The van der Waals surface area contributed by atoms with Crippen LogP contribution in [0.4, 0.5) is 16.2 Å². The Morgan fingerprint density at radius 3 is 2.51 bits per heavy atom. The zero-order valence-electron chi connectivity index (χ0n) is 24.1. The van der Waals surface area contributed by atoms with Crippen molar-refractivity contribution in [3.8, 4) is 11.4 Å². The molecule has 0 radical (unpaired) electrons. The summed E-state index contributed by atoms with van der Waals surface area (Å²) in [5.74, 6) is -0.401. The molecule has 12 nitrogen and oxygen atoms in total. The van der Waals surface area contributed by atoms with E-state index in [4.69, 9.17) is 4.74 Å². The third kappa shape index (κ3) is 7.34. The maximum atomic E-state index is 13.1. The predicted molar refractivity (Wildman–Crippen MR) is 161 cm³/mol. The van der Waals surface area contributed by atoms with Gasteiger partial charge < -0.3 is 25.7 Å². The molecule has 12 heteroatoms. The molecule has 0 aliphatic carbocycles. The molecular weight excluding hydrogens is 550 g/mol. The van der Waals surface area contributed by atoms with E-state index < -0.39 is 17.7 Å². The van der Waals surface area contributed by atoms with Gasteiger partial charge in [-0.15, -0.1) is 0 Å². The Morgan fingerprint density at radius 1 is 1.02 bits per heavy atom. The van der Waals surface area contributed by atoms with Crippen molar-refractivity contribution in [2.24, 2.45) is 0 Å². The number of carbonyl (C=O) groups excluding carboxylic acids is 4. The molecular formula is C31H33N7O5. The summed E-state index contributed by atoms with van der Waals surface area (Å²) in [5, 5.41) is 8.23. The van der Waals surface area contributed by atoms with Gasteiger partial charge in [0.1, 0.15) is 17.5 Å². The number of likely N-dealkylation sites (tertiary alicyclic amines) is 1. The molecule has 4 aromatic rings. The average Bonchev–Trinajstić information content (AvgIpc) is 3.64. The van der Waals surface area contributed by atoms with Crippen LogP contribution in [-0.4, -0.2) is 68.4 Å². The van der Waals surface area contributed by atoms with Crippen LogP contribution in [0.1, 0.15) is 44.0 Å². The van der Waals surface area contributed by atoms with Crippen LogP contribution in [-0.2, 0) is 14.3 Å². The highest BCUT2D eigenvalue weighted by molar-refractivity contribution is 6.00. The third-order valence-electron chi connectivity index (χ3n) is 6.71. The quantitative estimate of drug-likeness (QED) is 0.252. The van der Waals surface area contributed by atoms with Gasteiger partial charge in [-0.2, -0.15) is 0 Å². The van der Waals surface area contributed by atoms with Gasteiger partial charge in [-0.3, -0.25) is 24.3 Å². The Kier molecular flexibility index (Phi) is 8.37. The van der Waals surface area contributed by atoms with Crippen LogP contribution >= 0.6 is 0 Å². The second-order valence-corrected chi connectivity index (χ2v) is 11.2. The number of ether oxygens (including phenoxy) is 1. The fourth-order valence-corrected chi connectivity index (χ4v) is 4.70. The molecule has 0 bridgehead atoms. The highest BCUT2D eigenvalue weighted by Gasteiger charge is 2.36. The molecule has 3 heterocycles. The van der Waals surface area contributed by atoms with Crippen LogP contribution < -0.4 is 16.0 Å². The van der Waals surface area contributed by atoms with Crippen molar-refractivity contribution in [3.05, 3.63) is 72.6 Å². The van der Waals surface area contributed by atoms with Crippen LogP contribution in [0.15, 0.2) is 67.0 Å². The van der Waals surface area contributed by atoms with Gasteiger partial charge in [-0.1, -0.05) is 0 Å². The van der Waals surface area contributed by atoms with Crippen LogP contribution in [0.2, 0.25) is 0 Å². The van der Waals surface area contributed by atoms with Crippen LogP contribution in [0, 0.1) is 0 Å². The maximum Gasteiger partial charge on any atom is 0.410 e. The van der Waals surface area contributed by atoms with Crippen molar-refractivity contribution in [2.45, 2.75) is 45.3 Å². The molecule has 2 aromatic heterocycles. The number of nitrogens with one attached hydrogen (secondary N) is 4. The van der Waals surface area contributed by atoms with Crippen molar-refractivity contribution in [1.82, 2.24) is 25.2 Å². The summed E-state index contributed by atoms with van der Waals surface area (Å²) < 4.78 is 5.47. The second-order valence-electron chi connectivity index (χ2n) is 11.2. The first-order chi connectivity index (χ1) is 20.6. The lowest BCUT2D eigenvalue weighted by Gasteiger charge is -2.28. The Bertz CT molecular complexity index is 1640. The smallest absolute Gasteiger partial charge is 0.410 e. The van der Waals surface area contributed by atoms with Crippen molar-refractivity contribution < 1.29 is 23.9 Å². The van der Waals surface area contributed by atoms with Gasteiger partial charge in [0, 0.05) is 35.9 Å². The van der Waals surface area contributed by atoms with Gasteiger partial charge in [0.05, 0.1) is 23.1 Å². The molecule has 1 aliphatic rings. The number of anilines is 2. The number of pyridine rings is 1. The van der Waals surface area contributed by atoms with Gasteiger partial charge >= 0.3 is 6.09 Å². The number of hydrogen-bond donors (Lipinski definition) is 4. The molecule has 0 saturated carbocycles. The molecule has 1 saturated heterocycles. The van der Waals surface area contributed by atoms with E-state index in [2.05, 4.69) is 30.9 Å². The minimum absolute atomic E-state index is 0.183. The molecule has 43 heavy (non-hydrogen) atoms. The molecule has 4 N–H and O–H groups in total. The summed E-state index contributed by atoms with van der Waals surface area (Å²) >= 11 is 0. The lowest BCUT2D eigenvalue weighted by atomic mass is 10.2. The first-order valence-corrected chi connectivity index (χ1v) is 13.9. The highest BCUT2D eigenvalue weighted by Crippen LogP contribution is 2.26. The predicted octanol–water partition coefficient (Wildman–Crippen LogP) is 4.33. The molecule has 4 amide bonds. The lowest BCUT2D eigenvalue weighted by molar-refractivity contribution is -0.120. The summed E-state index contributed by atoms with van der Waals surface area (Å²) in [6.45, 7) is 5.68. The number of aromatic nitrogens is 3. The monoisotopic (exact) mass is 583 g/mol. The zero-order valence-corrected chi connectivity index (χ0v) is 24.1. The van der Waals surface area contributed by atoms with Gasteiger partial charge in [0.25, 0.3) is 5.91 Å². The van der Waals surface area contributed by atoms with Gasteiger partial charge in [0.2, 0.25) is 11.8 Å². The summed E-state index contributed by atoms with van der Waals surface area (Å²) in [6.07, 6.45) is 3.80. The van der Waals surface area contributed by atoms with Gasteiger partial charge in [-0.05, 0) is 88.2 Å². The van der Waals surface area contributed by atoms with E-state index in [9.17, 15) is 19.2 Å². The number of aromatic amines is 1. The minimum Gasteiger partial charge on any atom is -0.444 e. The maximum absolute atomic E-state index is 13.1. The van der Waals surface area contributed by atoms with Crippen molar-refractivity contribution in [3.63, 3.8) is 0 Å². The first-order valence-electron chi connectivity index (χ1n) is 13.9. The zero-order chi connectivity index (χ0) is 30.6. The Hall–Kier alpha value is -5.26. The van der Waals surface area contributed by atoms with Crippen LogP contribution in [0.3, 0.4) is 0 Å². The highest BCUT2D eigenvalue weighted by atomic mass is 16.6. The molecule has 1 atom stereocenters. The molecule has 1 aliphatic heterocycles. The largest absolute Gasteiger partial charge is 0.444 e. The summed E-state index contributed by atoms with van der Waals surface area (Å²) in [6, 6.07) is 15.2. The number of carbonyl (C=O) groups is 4. The van der Waals surface area contributed by atoms with Crippen LogP contribution in [0.5, 0.6) is 0 Å².